The molecule has 0 amide bonds. The number of fused-ring (bicyclic) bond motifs is 2. The van der Waals surface area contributed by atoms with Crippen LogP contribution < -0.4 is 0 Å². The molecule has 2 atom stereocenters. The summed E-state index contributed by atoms with van der Waals surface area (Å²) in [6.45, 7) is 2.31. The monoisotopic (exact) mass is 151 g/mol. The predicted octanol–water partition coefficient (Wildman–Crippen LogP) is 2.05. The summed E-state index contributed by atoms with van der Waals surface area (Å²) >= 11 is 0. The highest BCUT2D eigenvalue weighted by atomic mass is 15.2. The number of hydrogen-bond donors (Lipinski definition) is 0. The third kappa shape index (κ3) is 1.12. The van der Waals surface area contributed by atoms with Gasteiger partial charge in [-0.2, -0.15) is 0 Å². The van der Waals surface area contributed by atoms with Crippen molar-refractivity contribution in [2.24, 2.45) is 5.92 Å². The number of likely N-dealkylation sites (N-methyl/N-ethyl adjacent to an activating group) is 1. The summed E-state index contributed by atoms with van der Waals surface area (Å²) in [4.78, 5) is 2.51. The van der Waals surface area contributed by atoms with Gasteiger partial charge >= 0.3 is 0 Å². The van der Waals surface area contributed by atoms with Crippen molar-refractivity contribution in [3.63, 3.8) is 0 Å². The van der Waals surface area contributed by atoms with E-state index in [0.29, 0.717) is 0 Å². The van der Waals surface area contributed by atoms with Crippen LogP contribution in [0.2, 0.25) is 0 Å². The van der Waals surface area contributed by atoms with Gasteiger partial charge in [0, 0.05) is 12.1 Å². The van der Waals surface area contributed by atoms with Gasteiger partial charge in [-0.25, -0.2) is 0 Å². The average Bonchev–Trinajstić information content (AvgIpc) is 2.26. The first-order chi connectivity index (χ1) is 5.31. The molecule has 2 aliphatic heterocycles. The van der Waals surface area contributed by atoms with Crippen LogP contribution in [0.3, 0.4) is 0 Å². The summed E-state index contributed by atoms with van der Waals surface area (Å²) in [6, 6.07) is 1.53. The Labute approximate surface area is 69.1 Å². The molecule has 0 radical (unpaired) electrons. The van der Waals surface area contributed by atoms with E-state index in [1.165, 1.54) is 19.3 Å². The van der Waals surface area contributed by atoms with E-state index in [0.717, 1.165) is 18.0 Å². The Hall–Kier alpha value is -0.300. The molecule has 2 heterocycles. The summed E-state index contributed by atoms with van der Waals surface area (Å²) in [7, 11) is 2.25. The van der Waals surface area contributed by atoms with Gasteiger partial charge in [0.1, 0.15) is 0 Å². The number of hydrogen-bond acceptors (Lipinski definition) is 1. The van der Waals surface area contributed by atoms with Crippen molar-refractivity contribution in [3.05, 3.63) is 12.2 Å². The molecule has 2 unspecified atom stereocenters. The van der Waals surface area contributed by atoms with Gasteiger partial charge in [-0.15, -0.1) is 0 Å². The predicted molar refractivity (Wildman–Crippen MR) is 47.5 cm³/mol. The van der Waals surface area contributed by atoms with Crippen molar-refractivity contribution in [2.45, 2.75) is 38.3 Å². The van der Waals surface area contributed by atoms with Crippen molar-refractivity contribution >= 4 is 0 Å². The van der Waals surface area contributed by atoms with Crippen LogP contribution in [-0.2, 0) is 0 Å². The molecule has 0 aromatic rings. The van der Waals surface area contributed by atoms with Gasteiger partial charge in [-0.3, -0.25) is 4.90 Å². The first-order valence-corrected chi connectivity index (χ1v) is 4.71. The highest BCUT2D eigenvalue weighted by molar-refractivity contribution is 5.13. The molecular formula is C10H17N. The number of rotatable bonds is 1. The zero-order chi connectivity index (χ0) is 7.84. The van der Waals surface area contributed by atoms with Gasteiger partial charge in [0.2, 0.25) is 0 Å². The number of piperidine rings is 1. The highest BCUT2D eigenvalue weighted by Crippen LogP contribution is 2.33. The Morgan fingerprint density at radius 3 is 2.27 bits per heavy atom. The van der Waals surface area contributed by atoms with Crippen LogP contribution in [0, 0.1) is 5.92 Å². The molecule has 0 saturated carbocycles. The molecule has 2 bridgehead atoms. The van der Waals surface area contributed by atoms with Gasteiger partial charge < -0.3 is 0 Å². The second kappa shape index (κ2) is 2.63. The minimum absolute atomic E-state index is 0.763. The van der Waals surface area contributed by atoms with Gasteiger partial charge in [0.25, 0.3) is 0 Å². The van der Waals surface area contributed by atoms with Crippen molar-refractivity contribution in [1.29, 1.82) is 0 Å². The lowest BCUT2D eigenvalue weighted by atomic mass is 9.88. The van der Waals surface area contributed by atoms with E-state index in [2.05, 4.69) is 31.0 Å². The lowest BCUT2D eigenvalue weighted by Gasteiger charge is -2.36. The summed E-state index contributed by atoms with van der Waals surface area (Å²) in [5.74, 6) is 0.983. The molecule has 62 valence electrons. The molecule has 1 saturated heterocycles. The Kier molecular flexibility index (Phi) is 1.76. The van der Waals surface area contributed by atoms with Gasteiger partial charge in [-0.1, -0.05) is 25.5 Å². The zero-order valence-corrected chi connectivity index (χ0v) is 7.46. The van der Waals surface area contributed by atoms with E-state index in [1.807, 2.05) is 0 Å². The first kappa shape index (κ1) is 7.35. The Bertz CT molecular complexity index is 158. The van der Waals surface area contributed by atoms with E-state index in [1.54, 1.807) is 0 Å². The van der Waals surface area contributed by atoms with E-state index in [-0.39, 0.29) is 0 Å². The molecule has 11 heavy (non-hydrogen) atoms. The van der Waals surface area contributed by atoms with Crippen LogP contribution in [-0.4, -0.2) is 24.0 Å². The van der Waals surface area contributed by atoms with Gasteiger partial charge in [-0.05, 0) is 25.8 Å². The zero-order valence-electron chi connectivity index (χ0n) is 7.46. The van der Waals surface area contributed by atoms with E-state index in [4.69, 9.17) is 0 Å². The fourth-order valence-corrected chi connectivity index (χ4v) is 2.38. The van der Waals surface area contributed by atoms with Gasteiger partial charge in [0.05, 0.1) is 0 Å². The molecule has 2 rings (SSSR count). The summed E-state index contributed by atoms with van der Waals surface area (Å²) in [5.41, 5.74) is 0. The van der Waals surface area contributed by atoms with Crippen molar-refractivity contribution in [1.82, 2.24) is 4.90 Å². The molecular weight excluding hydrogens is 134 g/mol. The molecule has 0 aliphatic carbocycles. The third-order valence-corrected chi connectivity index (χ3v) is 3.33. The summed E-state index contributed by atoms with van der Waals surface area (Å²) < 4.78 is 0. The summed E-state index contributed by atoms with van der Waals surface area (Å²) in [6.07, 6.45) is 8.92. The smallest absolute Gasteiger partial charge is 0.0284 e. The van der Waals surface area contributed by atoms with Crippen LogP contribution in [0.15, 0.2) is 12.2 Å². The second-order valence-electron chi connectivity index (χ2n) is 3.93. The molecule has 0 spiro atoms. The van der Waals surface area contributed by atoms with Crippen LogP contribution in [0.4, 0.5) is 0 Å². The SMILES string of the molecule is CCC1CC2C=CC(C1)N2C. The van der Waals surface area contributed by atoms with E-state index in [9.17, 15) is 0 Å². The quantitative estimate of drug-likeness (QED) is 0.518. The molecule has 1 nitrogen and oxygen atoms in total. The summed E-state index contributed by atoms with van der Waals surface area (Å²) in [5, 5.41) is 0. The van der Waals surface area contributed by atoms with Gasteiger partial charge in [0.15, 0.2) is 0 Å². The number of nitrogens with zero attached hydrogens (tertiary/aromatic N) is 1. The molecule has 0 N–H and O–H groups in total. The van der Waals surface area contributed by atoms with Crippen LogP contribution >= 0.6 is 0 Å². The molecule has 2 aliphatic rings. The molecule has 1 heteroatoms. The molecule has 1 fully saturated rings. The fraction of sp³-hybridized carbons (Fsp3) is 0.800. The Balaban J connectivity index is 2.06. The highest BCUT2D eigenvalue weighted by Gasteiger charge is 2.33. The fourth-order valence-electron chi connectivity index (χ4n) is 2.38. The maximum absolute atomic E-state index is 2.51. The minimum Gasteiger partial charge on any atom is -0.294 e. The topological polar surface area (TPSA) is 3.24 Å². The third-order valence-electron chi connectivity index (χ3n) is 3.33. The normalized spacial score (nSPS) is 43.3. The van der Waals surface area contributed by atoms with E-state index < -0.39 is 0 Å². The lowest BCUT2D eigenvalue weighted by molar-refractivity contribution is 0.146. The van der Waals surface area contributed by atoms with Crippen molar-refractivity contribution < 1.29 is 0 Å². The first-order valence-electron chi connectivity index (χ1n) is 4.71. The maximum Gasteiger partial charge on any atom is 0.0284 e. The van der Waals surface area contributed by atoms with Crippen LogP contribution in [0.25, 0.3) is 0 Å². The minimum atomic E-state index is 0.763. The standard InChI is InChI=1S/C10H17N/c1-3-8-6-9-4-5-10(7-8)11(9)2/h4-5,8-10H,3,6-7H2,1-2H3. The largest absolute Gasteiger partial charge is 0.294 e. The molecule has 0 aromatic heterocycles. The van der Waals surface area contributed by atoms with E-state index >= 15 is 0 Å². The molecule has 0 aromatic carbocycles. The Morgan fingerprint density at radius 2 is 1.82 bits per heavy atom. The van der Waals surface area contributed by atoms with Crippen molar-refractivity contribution in [2.75, 3.05) is 7.05 Å². The van der Waals surface area contributed by atoms with Crippen LogP contribution in [0.5, 0.6) is 0 Å². The van der Waals surface area contributed by atoms with Crippen molar-refractivity contribution in [3.8, 4) is 0 Å². The second-order valence-corrected chi connectivity index (χ2v) is 3.93. The Morgan fingerprint density at radius 1 is 1.27 bits per heavy atom. The average molecular weight is 151 g/mol. The van der Waals surface area contributed by atoms with Crippen LogP contribution in [0.1, 0.15) is 26.2 Å². The lowest BCUT2D eigenvalue weighted by Crippen LogP contribution is -2.40. The maximum atomic E-state index is 2.51.